The molecule has 0 aliphatic carbocycles. The second kappa shape index (κ2) is 10.4. The second-order valence-corrected chi connectivity index (χ2v) is 7.16. The largest absolute Gasteiger partial charge is 0.492 e. The van der Waals surface area contributed by atoms with Crippen LogP contribution in [0.5, 0.6) is 5.75 Å². The van der Waals surface area contributed by atoms with Gasteiger partial charge in [0.1, 0.15) is 11.8 Å². The highest BCUT2D eigenvalue weighted by atomic mass is 35.5. The van der Waals surface area contributed by atoms with Crippen LogP contribution in [0.25, 0.3) is 0 Å². The van der Waals surface area contributed by atoms with Crippen molar-refractivity contribution < 1.29 is 19.1 Å². The number of halogens is 1. The van der Waals surface area contributed by atoms with Gasteiger partial charge in [-0.25, -0.2) is 4.79 Å². The molecule has 1 unspecified atom stereocenters. The van der Waals surface area contributed by atoms with Crippen LogP contribution >= 0.6 is 11.6 Å². The zero-order valence-electron chi connectivity index (χ0n) is 16.1. The number of carbonyl (C=O) groups is 2. The van der Waals surface area contributed by atoms with Gasteiger partial charge in [-0.15, -0.1) is 0 Å². The summed E-state index contributed by atoms with van der Waals surface area (Å²) in [7, 11) is 0. The van der Waals surface area contributed by atoms with Gasteiger partial charge in [0.15, 0.2) is 0 Å². The van der Waals surface area contributed by atoms with Crippen LogP contribution in [0.1, 0.15) is 27.2 Å². The van der Waals surface area contributed by atoms with Crippen LogP contribution in [0.2, 0.25) is 5.02 Å². The normalized spacial score (nSPS) is 15.4. The van der Waals surface area contributed by atoms with E-state index in [9.17, 15) is 9.59 Å². The van der Waals surface area contributed by atoms with Gasteiger partial charge in [0.2, 0.25) is 5.91 Å². The Kier molecular flexibility index (Phi) is 8.19. The van der Waals surface area contributed by atoms with Crippen molar-refractivity contribution in [3.63, 3.8) is 0 Å². The molecule has 7 nitrogen and oxygen atoms in total. The number of rotatable bonds is 7. The zero-order chi connectivity index (χ0) is 19.8. The van der Waals surface area contributed by atoms with E-state index in [-0.39, 0.29) is 11.8 Å². The molecule has 1 aliphatic rings. The molecule has 2 N–H and O–H groups in total. The first kappa shape index (κ1) is 21.3. The zero-order valence-corrected chi connectivity index (χ0v) is 16.8. The SMILES string of the molecule is CCCOc1ccc(NC(=O)NC(C(=O)N2CCOCC2)C(C)C)cc1Cl. The number of carbonyl (C=O) groups excluding carboxylic acids is 2. The van der Waals surface area contributed by atoms with Gasteiger partial charge in [-0.1, -0.05) is 32.4 Å². The second-order valence-electron chi connectivity index (χ2n) is 6.75. The molecule has 150 valence electrons. The molecular formula is C19H28ClN3O4. The highest BCUT2D eigenvalue weighted by molar-refractivity contribution is 6.32. The van der Waals surface area contributed by atoms with Crippen LogP contribution in [0.3, 0.4) is 0 Å². The Bertz CT molecular complexity index is 648. The van der Waals surface area contributed by atoms with Crippen molar-refractivity contribution in [3.8, 4) is 5.75 Å². The minimum atomic E-state index is -0.606. The molecule has 1 fully saturated rings. The number of urea groups is 1. The van der Waals surface area contributed by atoms with E-state index < -0.39 is 12.1 Å². The van der Waals surface area contributed by atoms with E-state index in [0.717, 1.165) is 6.42 Å². The summed E-state index contributed by atoms with van der Waals surface area (Å²) in [5.41, 5.74) is 0.530. The number of benzene rings is 1. The summed E-state index contributed by atoms with van der Waals surface area (Å²) in [5.74, 6) is 0.441. The van der Waals surface area contributed by atoms with Crippen LogP contribution in [0, 0.1) is 5.92 Å². The van der Waals surface area contributed by atoms with Crippen LogP contribution in [0.15, 0.2) is 18.2 Å². The number of ether oxygens (including phenoxy) is 2. The topological polar surface area (TPSA) is 79.9 Å². The fourth-order valence-electron chi connectivity index (χ4n) is 2.71. The molecule has 1 heterocycles. The van der Waals surface area contributed by atoms with E-state index >= 15 is 0 Å². The molecule has 3 amide bonds. The maximum absolute atomic E-state index is 12.7. The fraction of sp³-hybridized carbons (Fsp3) is 0.579. The number of nitrogens with one attached hydrogen (secondary N) is 2. The summed E-state index contributed by atoms with van der Waals surface area (Å²) < 4.78 is 10.8. The fourth-order valence-corrected chi connectivity index (χ4v) is 2.95. The van der Waals surface area contributed by atoms with Gasteiger partial charge in [-0.3, -0.25) is 4.79 Å². The Hall–Kier alpha value is -1.99. The number of morpholine rings is 1. The monoisotopic (exact) mass is 397 g/mol. The molecule has 1 aromatic rings. The first-order valence-electron chi connectivity index (χ1n) is 9.28. The Morgan fingerprint density at radius 3 is 2.59 bits per heavy atom. The van der Waals surface area contributed by atoms with Crippen molar-refractivity contribution in [2.24, 2.45) is 5.92 Å². The van der Waals surface area contributed by atoms with E-state index in [4.69, 9.17) is 21.1 Å². The van der Waals surface area contributed by atoms with E-state index in [1.54, 1.807) is 23.1 Å². The molecule has 0 aromatic heterocycles. The summed E-state index contributed by atoms with van der Waals surface area (Å²) in [6.45, 7) is 8.52. The van der Waals surface area contributed by atoms with Crippen LogP contribution in [-0.4, -0.2) is 55.8 Å². The molecule has 1 atom stereocenters. The summed E-state index contributed by atoms with van der Waals surface area (Å²) in [4.78, 5) is 26.8. The first-order chi connectivity index (χ1) is 12.9. The number of nitrogens with zero attached hydrogens (tertiary/aromatic N) is 1. The number of hydrogen-bond acceptors (Lipinski definition) is 4. The van der Waals surface area contributed by atoms with E-state index in [1.165, 1.54) is 0 Å². The molecule has 0 saturated carbocycles. The van der Waals surface area contributed by atoms with Crippen molar-refractivity contribution in [3.05, 3.63) is 23.2 Å². The highest BCUT2D eigenvalue weighted by Crippen LogP contribution is 2.27. The predicted molar refractivity (Wildman–Crippen MR) is 105 cm³/mol. The smallest absolute Gasteiger partial charge is 0.319 e. The van der Waals surface area contributed by atoms with Gasteiger partial charge in [0, 0.05) is 18.8 Å². The lowest BCUT2D eigenvalue weighted by Gasteiger charge is -2.32. The van der Waals surface area contributed by atoms with Gasteiger partial charge >= 0.3 is 6.03 Å². The lowest BCUT2D eigenvalue weighted by Crippen LogP contribution is -2.54. The van der Waals surface area contributed by atoms with Gasteiger partial charge in [0.25, 0.3) is 0 Å². The van der Waals surface area contributed by atoms with Gasteiger partial charge in [0.05, 0.1) is 24.8 Å². The molecule has 0 radical (unpaired) electrons. The Labute approximate surface area is 165 Å². The number of anilines is 1. The Morgan fingerprint density at radius 1 is 1.30 bits per heavy atom. The van der Waals surface area contributed by atoms with Crippen molar-refractivity contribution in [2.45, 2.75) is 33.2 Å². The molecule has 1 aliphatic heterocycles. The Morgan fingerprint density at radius 2 is 2.00 bits per heavy atom. The molecular weight excluding hydrogens is 370 g/mol. The maximum Gasteiger partial charge on any atom is 0.319 e. The van der Waals surface area contributed by atoms with Crippen LogP contribution in [0.4, 0.5) is 10.5 Å². The van der Waals surface area contributed by atoms with Crippen LogP contribution in [-0.2, 0) is 9.53 Å². The van der Waals surface area contributed by atoms with Crippen LogP contribution < -0.4 is 15.4 Å². The predicted octanol–water partition coefficient (Wildman–Crippen LogP) is 3.13. The Balaban J connectivity index is 1.97. The number of amides is 3. The van der Waals surface area contributed by atoms with Gasteiger partial charge in [-0.2, -0.15) is 0 Å². The average molecular weight is 398 g/mol. The quantitative estimate of drug-likeness (QED) is 0.740. The van der Waals surface area contributed by atoms with E-state index in [2.05, 4.69) is 10.6 Å². The maximum atomic E-state index is 12.7. The van der Waals surface area contributed by atoms with E-state index in [1.807, 2.05) is 20.8 Å². The standard InChI is InChI=1S/C19H28ClN3O4/c1-4-9-27-16-6-5-14(12-15(16)20)21-19(25)22-17(13(2)3)18(24)23-7-10-26-11-8-23/h5-6,12-13,17H,4,7-11H2,1-3H3,(H2,21,22,25). The molecule has 1 saturated heterocycles. The highest BCUT2D eigenvalue weighted by Gasteiger charge is 2.29. The van der Waals surface area contributed by atoms with Crippen molar-refractivity contribution in [1.82, 2.24) is 10.2 Å². The number of hydrogen-bond donors (Lipinski definition) is 2. The summed E-state index contributed by atoms with van der Waals surface area (Å²) in [6.07, 6.45) is 0.881. The minimum Gasteiger partial charge on any atom is -0.492 e. The third-order valence-electron chi connectivity index (χ3n) is 4.19. The first-order valence-corrected chi connectivity index (χ1v) is 9.66. The van der Waals surface area contributed by atoms with Crippen molar-refractivity contribution >= 4 is 29.2 Å². The third-order valence-corrected chi connectivity index (χ3v) is 4.49. The molecule has 27 heavy (non-hydrogen) atoms. The molecule has 0 bridgehead atoms. The van der Waals surface area contributed by atoms with E-state index in [0.29, 0.717) is 49.4 Å². The average Bonchev–Trinajstić information content (AvgIpc) is 2.65. The summed E-state index contributed by atoms with van der Waals surface area (Å²) >= 11 is 6.19. The summed E-state index contributed by atoms with van der Waals surface area (Å²) in [5, 5.41) is 5.92. The van der Waals surface area contributed by atoms with Gasteiger partial charge < -0.3 is 25.0 Å². The van der Waals surface area contributed by atoms with Gasteiger partial charge in [-0.05, 0) is 30.5 Å². The lowest BCUT2D eigenvalue weighted by molar-refractivity contribution is -0.138. The molecule has 0 spiro atoms. The third kappa shape index (κ3) is 6.29. The van der Waals surface area contributed by atoms with Crippen molar-refractivity contribution in [1.29, 1.82) is 0 Å². The summed E-state index contributed by atoms with van der Waals surface area (Å²) in [6, 6.07) is 4.00. The molecule has 1 aromatic carbocycles. The van der Waals surface area contributed by atoms with Crippen molar-refractivity contribution in [2.75, 3.05) is 38.2 Å². The lowest BCUT2D eigenvalue weighted by atomic mass is 10.0. The molecule has 8 heteroatoms. The molecule has 2 rings (SSSR count). The minimum absolute atomic E-state index is 0.0421.